The highest BCUT2D eigenvalue weighted by atomic mass is 16.5. The summed E-state index contributed by atoms with van der Waals surface area (Å²) in [6, 6.07) is 4.93. The molecule has 84 valence electrons. The molecule has 1 aliphatic heterocycles. The van der Waals surface area contributed by atoms with Crippen LogP contribution in [0.4, 0.5) is 5.69 Å². The van der Waals surface area contributed by atoms with Crippen LogP contribution in [0.1, 0.15) is 10.4 Å². The van der Waals surface area contributed by atoms with Crippen molar-refractivity contribution < 1.29 is 19.1 Å². The number of methoxy groups -OCH3 is 1. The summed E-state index contributed by atoms with van der Waals surface area (Å²) in [5.74, 6) is 0.402. The van der Waals surface area contributed by atoms with Gasteiger partial charge in [-0.05, 0) is 18.2 Å². The van der Waals surface area contributed by atoms with Gasteiger partial charge in [-0.25, -0.2) is 0 Å². The second kappa shape index (κ2) is 4.32. The van der Waals surface area contributed by atoms with E-state index in [1.165, 1.54) is 12.0 Å². The first kappa shape index (κ1) is 10.6. The van der Waals surface area contributed by atoms with Crippen LogP contribution < -0.4 is 9.64 Å². The molecule has 1 aliphatic rings. The lowest BCUT2D eigenvalue weighted by Gasteiger charge is -2.28. The molecule has 0 unspecified atom stereocenters. The average Bonchev–Trinajstić information content (AvgIpc) is 2.32. The van der Waals surface area contributed by atoms with E-state index in [4.69, 9.17) is 9.47 Å². The van der Waals surface area contributed by atoms with Gasteiger partial charge in [0.15, 0.2) is 6.61 Å². The maximum absolute atomic E-state index is 11.6. The summed E-state index contributed by atoms with van der Waals surface area (Å²) in [4.78, 5) is 23.7. The minimum Gasteiger partial charge on any atom is -0.482 e. The number of benzene rings is 1. The van der Waals surface area contributed by atoms with Gasteiger partial charge in [0, 0.05) is 12.7 Å². The van der Waals surface area contributed by atoms with Crippen LogP contribution in [0.15, 0.2) is 18.2 Å². The number of nitrogens with zero attached hydrogens (tertiary/aromatic N) is 1. The Morgan fingerprint density at radius 3 is 3.06 bits per heavy atom. The summed E-state index contributed by atoms with van der Waals surface area (Å²) < 4.78 is 10.2. The second-order valence-corrected chi connectivity index (χ2v) is 3.37. The SMILES string of the molecule is COCN1C(=O)COc2ccc(C=O)cc21. The van der Waals surface area contributed by atoms with Crippen molar-refractivity contribution in [3.63, 3.8) is 0 Å². The van der Waals surface area contributed by atoms with E-state index in [9.17, 15) is 9.59 Å². The molecule has 1 amide bonds. The van der Waals surface area contributed by atoms with E-state index in [1.807, 2.05) is 0 Å². The molecule has 1 aromatic carbocycles. The van der Waals surface area contributed by atoms with Gasteiger partial charge in [-0.15, -0.1) is 0 Å². The van der Waals surface area contributed by atoms with Gasteiger partial charge in [0.25, 0.3) is 5.91 Å². The van der Waals surface area contributed by atoms with Gasteiger partial charge in [-0.1, -0.05) is 0 Å². The lowest BCUT2D eigenvalue weighted by molar-refractivity contribution is -0.122. The third kappa shape index (κ3) is 1.77. The summed E-state index contributed by atoms with van der Waals surface area (Å²) in [7, 11) is 1.51. The maximum Gasteiger partial charge on any atom is 0.266 e. The summed E-state index contributed by atoms with van der Waals surface area (Å²) in [5, 5.41) is 0. The van der Waals surface area contributed by atoms with Gasteiger partial charge in [0.1, 0.15) is 18.8 Å². The van der Waals surface area contributed by atoms with Gasteiger partial charge >= 0.3 is 0 Å². The Hall–Kier alpha value is -1.88. The molecule has 2 rings (SSSR count). The fourth-order valence-corrected chi connectivity index (χ4v) is 1.56. The van der Waals surface area contributed by atoms with E-state index in [0.29, 0.717) is 17.0 Å². The highest BCUT2D eigenvalue weighted by Gasteiger charge is 2.25. The first-order valence-electron chi connectivity index (χ1n) is 4.77. The zero-order valence-corrected chi connectivity index (χ0v) is 8.80. The van der Waals surface area contributed by atoms with Crippen LogP contribution in [0.3, 0.4) is 0 Å². The van der Waals surface area contributed by atoms with E-state index in [1.54, 1.807) is 18.2 Å². The average molecular weight is 221 g/mol. The Kier molecular flexibility index (Phi) is 2.87. The minimum atomic E-state index is -0.183. The largest absolute Gasteiger partial charge is 0.482 e. The molecule has 0 atom stereocenters. The van der Waals surface area contributed by atoms with Crippen molar-refractivity contribution in [2.75, 3.05) is 25.3 Å². The number of carbonyl (C=O) groups is 2. The van der Waals surface area contributed by atoms with Crippen LogP contribution in [0.25, 0.3) is 0 Å². The summed E-state index contributed by atoms with van der Waals surface area (Å²) in [5.41, 5.74) is 1.07. The number of hydrogen-bond donors (Lipinski definition) is 0. The number of amides is 1. The molecule has 0 aromatic heterocycles. The van der Waals surface area contributed by atoms with Crippen molar-refractivity contribution in [1.29, 1.82) is 0 Å². The molecule has 0 radical (unpaired) electrons. The predicted octanol–water partition coefficient (Wildman–Crippen LogP) is 0.828. The third-order valence-electron chi connectivity index (χ3n) is 2.32. The summed E-state index contributed by atoms with van der Waals surface area (Å²) in [6.45, 7) is 0.147. The Morgan fingerprint density at radius 1 is 1.56 bits per heavy atom. The molecule has 0 aliphatic carbocycles. The number of fused-ring (bicyclic) bond motifs is 1. The molecule has 5 nitrogen and oxygen atoms in total. The molecule has 0 fully saturated rings. The lowest BCUT2D eigenvalue weighted by Crippen LogP contribution is -2.40. The van der Waals surface area contributed by atoms with Gasteiger partial charge < -0.3 is 9.47 Å². The quantitative estimate of drug-likeness (QED) is 0.709. The zero-order valence-electron chi connectivity index (χ0n) is 8.80. The molecule has 5 heteroatoms. The summed E-state index contributed by atoms with van der Waals surface area (Å²) in [6.07, 6.45) is 0.727. The molecule has 0 bridgehead atoms. The highest BCUT2D eigenvalue weighted by Crippen LogP contribution is 2.32. The Morgan fingerprint density at radius 2 is 2.38 bits per heavy atom. The molecule has 16 heavy (non-hydrogen) atoms. The van der Waals surface area contributed by atoms with Crippen molar-refractivity contribution in [3.05, 3.63) is 23.8 Å². The smallest absolute Gasteiger partial charge is 0.266 e. The van der Waals surface area contributed by atoms with Gasteiger partial charge in [-0.3, -0.25) is 14.5 Å². The Labute approximate surface area is 92.6 Å². The number of ether oxygens (including phenoxy) is 2. The first-order valence-corrected chi connectivity index (χ1v) is 4.77. The van der Waals surface area contributed by atoms with Crippen molar-refractivity contribution >= 4 is 17.9 Å². The van der Waals surface area contributed by atoms with Crippen LogP contribution in [0, 0.1) is 0 Å². The number of anilines is 1. The minimum absolute atomic E-state index is 0.00318. The van der Waals surface area contributed by atoms with Crippen LogP contribution in [-0.2, 0) is 9.53 Å². The van der Waals surface area contributed by atoms with E-state index < -0.39 is 0 Å². The van der Waals surface area contributed by atoms with E-state index in [-0.39, 0.29) is 19.2 Å². The maximum atomic E-state index is 11.6. The predicted molar refractivity (Wildman–Crippen MR) is 56.7 cm³/mol. The van der Waals surface area contributed by atoms with E-state index >= 15 is 0 Å². The molecule has 0 spiro atoms. The fraction of sp³-hybridized carbons (Fsp3) is 0.273. The fourth-order valence-electron chi connectivity index (χ4n) is 1.56. The lowest BCUT2D eigenvalue weighted by atomic mass is 10.1. The Balaban J connectivity index is 2.43. The van der Waals surface area contributed by atoms with Gasteiger partial charge in [-0.2, -0.15) is 0 Å². The number of carbonyl (C=O) groups excluding carboxylic acids is 2. The number of hydrogen-bond acceptors (Lipinski definition) is 4. The molecular formula is C11H11NO4. The second-order valence-electron chi connectivity index (χ2n) is 3.37. The molecule has 0 N–H and O–H groups in total. The van der Waals surface area contributed by atoms with Crippen molar-refractivity contribution in [2.24, 2.45) is 0 Å². The number of aldehydes is 1. The van der Waals surface area contributed by atoms with Crippen LogP contribution in [0.5, 0.6) is 5.75 Å². The molecule has 1 aromatic rings. The monoisotopic (exact) mass is 221 g/mol. The molecule has 0 saturated heterocycles. The van der Waals surface area contributed by atoms with Crippen LogP contribution in [0.2, 0.25) is 0 Å². The van der Waals surface area contributed by atoms with Gasteiger partial charge in [0.05, 0.1) is 5.69 Å². The normalized spacial score (nSPS) is 14.3. The van der Waals surface area contributed by atoms with Crippen LogP contribution >= 0.6 is 0 Å². The van der Waals surface area contributed by atoms with Gasteiger partial charge in [0.2, 0.25) is 0 Å². The highest BCUT2D eigenvalue weighted by molar-refractivity contribution is 5.98. The Bertz CT molecular complexity index is 430. The summed E-state index contributed by atoms with van der Waals surface area (Å²) >= 11 is 0. The standard InChI is InChI=1S/C11H11NO4/c1-15-7-12-9-4-8(5-13)2-3-10(9)16-6-11(12)14/h2-5H,6-7H2,1H3. The topological polar surface area (TPSA) is 55.8 Å². The van der Waals surface area contributed by atoms with Crippen LogP contribution in [-0.4, -0.2) is 32.6 Å². The van der Waals surface area contributed by atoms with Crippen molar-refractivity contribution in [3.8, 4) is 5.75 Å². The molecule has 0 saturated carbocycles. The third-order valence-corrected chi connectivity index (χ3v) is 2.32. The van der Waals surface area contributed by atoms with Crippen molar-refractivity contribution in [1.82, 2.24) is 0 Å². The van der Waals surface area contributed by atoms with E-state index in [2.05, 4.69) is 0 Å². The molecule has 1 heterocycles. The molecular weight excluding hydrogens is 210 g/mol. The first-order chi connectivity index (χ1) is 7.76. The number of rotatable bonds is 3. The van der Waals surface area contributed by atoms with E-state index in [0.717, 1.165) is 6.29 Å². The van der Waals surface area contributed by atoms with Crippen molar-refractivity contribution in [2.45, 2.75) is 0 Å². The zero-order chi connectivity index (χ0) is 11.5.